The van der Waals surface area contributed by atoms with Crippen molar-refractivity contribution < 1.29 is 5.11 Å². The normalized spacial score (nSPS) is 25.7. The Morgan fingerprint density at radius 3 is 2.70 bits per heavy atom. The number of pyridine rings is 1. The van der Waals surface area contributed by atoms with Crippen LogP contribution in [-0.2, 0) is 19.6 Å². The highest BCUT2D eigenvalue weighted by molar-refractivity contribution is 5.45. The highest BCUT2D eigenvalue weighted by Gasteiger charge is 2.52. The van der Waals surface area contributed by atoms with E-state index in [1.165, 1.54) is 18.7 Å². The average Bonchev–Trinajstić information content (AvgIpc) is 3.00. The molecule has 0 amide bonds. The Kier molecular flexibility index (Phi) is 3.60. The molecule has 1 unspecified atom stereocenters. The first-order valence-corrected chi connectivity index (χ1v) is 8.54. The van der Waals surface area contributed by atoms with Crippen molar-refractivity contribution in [2.75, 3.05) is 18.0 Å². The van der Waals surface area contributed by atoms with Crippen molar-refractivity contribution in [1.82, 2.24) is 14.5 Å². The van der Waals surface area contributed by atoms with Crippen LogP contribution in [0.4, 0.5) is 5.82 Å². The minimum absolute atomic E-state index is 0.0134. The van der Waals surface area contributed by atoms with Gasteiger partial charge in [0.05, 0.1) is 25.2 Å². The van der Waals surface area contributed by atoms with Gasteiger partial charge in [0.25, 0.3) is 0 Å². The van der Waals surface area contributed by atoms with Crippen molar-refractivity contribution >= 4 is 5.82 Å². The molecule has 0 aromatic carbocycles. The molecule has 1 aliphatic carbocycles. The number of hydrogen-bond acceptors (Lipinski definition) is 4. The predicted molar refractivity (Wildman–Crippen MR) is 89.2 cm³/mol. The van der Waals surface area contributed by atoms with Crippen LogP contribution in [0, 0.1) is 17.8 Å². The number of aliphatic hydroxyl groups excluding tert-OH is 1. The number of aryl methyl sites for hydroxylation is 1. The number of piperidine rings is 1. The molecule has 5 nitrogen and oxygen atoms in total. The molecule has 0 spiro atoms. The van der Waals surface area contributed by atoms with Crippen LogP contribution in [0.25, 0.3) is 0 Å². The summed E-state index contributed by atoms with van der Waals surface area (Å²) in [7, 11) is 0. The van der Waals surface area contributed by atoms with Gasteiger partial charge in [-0.1, -0.05) is 19.9 Å². The summed E-state index contributed by atoms with van der Waals surface area (Å²) in [5, 5.41) is 9.13. The molecule has 2 aliphatic rings. The second-order valence-corrected chi connectivity index (χ2v) is 6.92. The van der Waals surface area contributed by atoms with E-state index in [2.05, 4.69) is 35.9 Å². The van der Waals surface area contributed by atoms with Crippen molar-refractivity contribution in [3.63, 3.8) is 0 Å². The summed E-state index contributed by atoms with van der Waals surface area (Å²) < 4.78 is 2.01. The molecule has 5 heteroatoms. The lowest BCUT2D eigenvalue weighted by Crippen LogP contribution is -2.25. The fraction of sp³-hybridized carbons (Fsp3) is 0.556. The molecule has 2 aromatic rings. The number of rotatable bonds is 5. The smallest absolute Gasteiger partial charge is 0.128 e. The Balaban J connectivity index is 1.52. The molecule has 4 rings (SSSR count). The number of hydrogen-bond donors (Lipinski definition) is 1. The number of nitrogens with zero attached hydrogens (tertiary/aromatic N) is 4. The van der Waals surface area contributed by atoms with Gasteiger partial charge in [-0.15, -0.1) is 0 Å². The summed E-state index contributed by atoms with van der Waals surface area (Å²) >= 11 is 0. The quantitative estimate of drug-likeness (QED) is 0.918. The molecule has 1 saturated carbocycles. The summed E-state index contributed by atoms with van der Waals surface area (Å²) in [6.45, 7) is 7.61. The highest BCUT2D eigenvalue weighted by atomic mass is 16.3. The molecule has 0 bridgehead atoms. The van der Waals surface area contributed by atoms with Gasteiger partial charge in [0.2, 0.25) is 0 Å². The Bertz CT molecular complexity index is 699. The predicted octanol–water partition coefficient (Wildman–Crippen LogP) is 2.08. The highest BCUT2D eigenvalue weighted by Crippen LogP contribution is 2.51. The van der Waals surface area contributed by atoms with Crippen molar-refractivity contribution in [1.29, 1.82) is 0 Å². The van der Waals surface area contributed by atoms with E-state index in [0.29, 0.717) is 5.69 Å². The van der Waals surface area contributed by atoms with Gasteiger partial charge in [0, 0.05) is 25.0 Å². The lowest BCUT2D eigenvalue weighted by atomic mass is 10.1. The fourth-order valence-electron chi connectivity index (χ4n) is 3.93. The van der Waals surface area contributed by atoms with Crippen molar-refractivity contribution in [2.45, 2.75) is 33.4 Å². The van der Waals surface area contributed by atoms with E-state index < -0.39 is 0 Å². The van der Waals surface area contributed by atoms with Crippen molar-refractivity contribution in [3.8, 4) is 0 Å². The van der Waals surface area contributed by atoms with Gasteiger partial charge in [-0.3, -0.25) is 0 Å². The van der Waals surface area contributed by atoms with Crippen LogP contribution in [-0.4, -0.2) is 32.7 Å². The fourth-order valence-corrected chi connectivity index (χ4v) is 3.93. The van der Waals surface area contributed by atoms with E-state index in [4.69, 9.17) is 10.1 Å². The van der Waals surface area contributed by atoms with Crippen LogP contribution in [0.3, 0.4) is 0 Å². The zero-order valence-corrected chi connectivity index (χ0v) is 13.8. The molecule has 3 heterocycles. The summed E-state index contributed by atoms with van der Waals surface area (Å²) in [6.07, 6.45) is 4.60. The molecule has 0 radical (unpaired) electrons. The number of imidazole rings is 1. The summed E-state index contributed by atoms with van der Waals surface area (Å²) in [6, 6.07) is 4.36. The van der Waals surface area contributed by atoms with Gasteiger partial charge < -0.3 is 14.6 Å². The number of aromatic nitrogens is 3. The van der Waals surface area contributed by atoms with Crippen LogP contribution in [0.15, 0.2) is 24.7 Å². The molecule has 122 valence electrons. The minimum Gasteiger partial charge on any atom is -0.390 e. The first kappa shape index (κ1) is 14.7. The second-order valence-electron chi connectivity index (χ2n) is 6.92. The molecular weight excluding hydrogens is 288 g/mol. The Labute approximate surface area is 137 Å². The van der Waals surface area contributed by atoms with E-state index in [1.54, 1.807) is 6.33 Å². The van der Waals surface area contributed by atoms with Crippen LogP contribution in [0.2, 0.25) is 0 Å². The third-order valence-corrected chi connectivity index (χ3v) is 5.54. The van der Waals surface area contributed by atoms with Gasteiger partial charge in [-0.25, -0.2) is 9.97 Å². The van der Waals surface area contributed by atoms with Crippen LogP contribution < -0.4 is 4.90 Å². The van der Waals surface area contributed by atoms with Crippen molar-refractivity contribution in [2.24, 2.45) is 17.8 Å². The number of fused-ring (bicyclic) bond motifs is 1. The standard InChI is InChI=1S/C18H24N4O/c1-3-17-13(6-21-7-14(10-23)19-11-21)4-5-18(20-17)22-8-15-12(2)16(15)9-22/h4-5,7,11-12,15-16,23H,3,6,8-10H2,1-2H3/t12?,15-,16+. The molecule has 1 aliphatic heterocycles. The molecule has 1 N–H and O–H groups in total. The molecule has 23 heavy (non-hydrogen) atoms. The third kappa shape index (κ3) is 2.63. The Hall–Kier alpha value is -1.88. The van der Waals surface area contributed by atoms with Gasteiger partial charge >= 0.3 is 0 Å². The largest absolute Gasteiger partial charge is 0.390 e. The van der Waals surface area contributed by atoms with Gasteiger partial charge in [-0.2, -0.15) is 0 Å². The average molecular weight is 312 g/mol. The topological polar surface area (TPSA) is 54.2 Å². The number of anilines is 1. The molecule has 3 atom stereocenters. The molecule has 2 fully saturated rings. The summed E-state index contributed by atoms with van der Waals surface area (Å²) in [5.74, 6) is 3.83. The Morgan fingerprint density at radius 2 is 2.04 bits per heavy atom. The number of aliphatic hydroxyl groups is 1. The lowest BCUT2D eigenvalue weighted by Gasteiger charge is -2.21. The lowest BCUT2D eigenvalue weighted by molar-refractivity contribution is 0.277. The van der Waals surface area contributed by atoms with E-state index in [1.807, 2.05) is 10.8 Å². The molecular formula is C18H24N4O. The summed E-state index contributed by atoms with van der Waals surface area (Å²) in [4.78, 5) is 11.5. The van der Waals surface area contributed by atoms with Gasteiger partial charge in [0.15, 0.2) is 0 Å². The van der Waals surface area contributed by atoms with Crippen LogP contribution in [0.5, 0.6) is 0 Å². The molecule has 2 aromatic heterocycles. The van der Waals surface area contributed by atoms with E-state index in [0.717, 1.165) is 42.2 Å². The van der Waals surface area contributed by atoms with Gasteiger partial charge in [-0.05, 0) is 35.8 Å². The summed E-state index contributed by atoms with van der Waals surface area (Å²) in [5.41, 5.74) is 3.10. The maximum absolute atomic E-state index is 9.13. The molecule has 1 saturated heterocycles. The zero-order valence-electron chi connectivity index (χ0n) is 13.8. The first-order valence-electron chi connectivity index (χ1n) is 8.54. The maximum Gasteiger partial charge on any atom is 0.128 e. The van der Waals surface area contributed by atoms with E-state index >= 15 is 0 Å². The van der Waals surface area contributed by atoms with E-state index in [9.17, 15) is 0 Å². The SMILES string of the molecule is CCc1nc(N2C[C@@H]3C(C)[C@@H]3C2)ccc1Cn1cnc(CO)c1. The monoisotopic (exact) mass is 312 g/mol. The van der Waals surface area contributed by atoms with Crippen LogP contribution in [0.1, 0.15) is 30.8 Å². The maximum atomic E-state index is 9.13. The Morgan fingerprint density at radius 1 is 1.26 bits per heavy atom. The van der Waals surface area contributed by atoms with Crippen LogP contribution >= 0.6 is 0 Å². The van der Waals surface area contributed by atoms with E-state index in [-0.39, 0.29) is 6.61 Å². The van der Waals surface area contributed by atoms with Gasteiger partial charge in [0.1, 0.15) is 5.82 Å². The second kappa shape index (κ2) is 5.64. The van der Waals surface area contributed by atoms with Crippen molar-refractivity contribution in [3.05, 3.63) is 41.6 Å². The first-order chi connectivity index (χ1) is 11.2. The minimum atomic E-state index is -0.0134. The zero-order chi connectivity index (χ0) is 16.0. The third-order valence-electron chi connectivity index (χ3n) is 5.54.